The molecular weight excluding hydrogens is 452 g/mol. The second-order valence-electron chi connectivity index (χ2n) is 9.07. The van der Waals surface area contributed by atoms with Gasteiger partial charge >= 0.3 is 0 Å². The molecule has 4 aromatic carbocycles. The predicted octanol–water partition coefficient (Wildman–Crippen LogP) is 7.60. The highest BCUT2D eigenvalue weighted by molar-refractivity contribution is 6.13. The van der Waals surface area contributed by atoms with Crippen LogP contribution in [0.1, 0.15) is 38.7 Å². The van der Waals surface area contributed by atoms with Gasteiger partial charge in [-0.15, -0.1) is 6.58 Å². The summed E-state index contributed by atoms with van der Waals surface area (Å²) in [6.45, 7) is 6.13. The Bertz CT molecular complexity index is 1510. The van der Waals surface area contributed by atoms with Crippen LogP contribution in [-0.2, 0) is 0 Å². The average molecular weight is 481 g/mol. The number of hydrogen-bond acceptors (Lipinski definition) is 3. The van der Waals surface area contributed by atoms with Crippen LogP contribution in [0.15, 0.2) is 139 Å². The maximum absolute atomic E-state index is 14.1. The summed E-state index contributed by atoms with van der Waals surface area (Å²) in [4.78, 5) is 24.2. The minimum absolute atomic E-state index is 0.0306. The fourth-order valence-corrected chi connectivity index (χ4v) is 4.54. The van der Waals surface area contributed by atoms with E-state index in [-0.39, 0.29) is 5.78 Å². The van der Waals surface area contributed by atoms with Crippen LogP contribution in [0.2, 0.25) is 0 Å². The number of benzene rings is 4. The largest absolute Gasteiger partial charge is 0.293 e. The lowest BCUT2D eigenvalue weighted by atomic mass is 9.86. The zero-order valence-corrected chi connectivity index (χ0v) is 20.8. The third-order valence-electron chi connectivity index (χ3n) is 6.51. The van der Waals surface area contributed by atoms with Crippen molar-refractivity contribution in [2.75, 3.05) is 0 Å². The Morgan fingerprint density at radius 3 is 1.95 bits per heavy atom. The van der Waals surface area contributed by atoms with Gasteiger partial charge in [0.1, 0.15) is 0 Å². The number of Topliss-reactive ketones (excluding diaryl/α,β-unsaturated/α-hetero) is 1. The third kappa shape index (κ3) is 5.31. The van der Waals surface area contributed by atoms with Crippen LogP contribution in [0.3, 0.4) is 0 Å². The number of para-hydroxylation sites is 1. The number of pyridine rings is 1. The van der Waals surface area contributed by atoms with Crippen molar-refractivity contribution in [1.82, 2.24) is 4.98 Å². The lowest BCUT2D eigenvalue weighted by molar-refractivity contribution is 0.0952. The molecule has 3 nitrogen and oxygen atoms in total. The second-order valence-corrected chi connectivity index (χ2v) is 9.07. The molecule has 0 bridgehead atoms. The number of aliphatic imine (C=N–C) groups is 1. The van der Waals surface area contributed by atoms with E-state index < -0.39 is 12.0 Å². The number of aryl methyl sites for hydroxylation is 1. The summed E-state index contributed by atoms with van der Waals surface area (Å²) < 4.78 is 0. The van der Waals surface area contributed by atoms with Gasteiger partial charge in [-0.3, -0.25) is 14.8 Å². The molecule has 0 unspecified atom stereocenters. The monoisotopic (exact) mass is 480 g/mol. The summed E-state index contributed by atoms with van der Waals surface area (Å²) in [7, 11) is 0. The van der Waals surface area contributed by atoms with E-state index in [2.05, 4.69) is 6.58 Å². The number of rotatable bonds is 8. The molecule has 0 aliphatic carbocycles. The molecule has 0 saturated heterocycles. The number of ketones is 1. The Morgan fingerprint density at radius 2 is 1.32 bits per heavy atom. The first-order valence-electron chi connectivity index (χ1n) is 12.4. The fraction of sp³-hybridized carbons (Fsp3) is 0.0882. The lowest BCUT2D eigenvalue weighted by Gasteiger charge is -2.22. The van der Waals surface area contributed by atoms with E-state index in [1.54, 1.807) is 6.08 Å². The zero-order chi connectivity index (χ0) is 25.6. The molecular formula is C34H28N2O. The number of fused-ring (bicyclic) bond motifs is 1. The van der Waals surface area contributed by atoms with Gasteiger partial charge in [0.25, 0.3) is 0 Å². The first-order valence-corrected chi connectivity index (χ1v) is 12.4. The molecule has 0 saturated carbocycles. The summed E-state index contributed by atoms with van der Waals surface area (Å²) >= 11 is 0. The van der Waals surface area contributed by atoms with Crippen molar-refractivity contribution < 1.29 is 4.79 Å². The quantitative estimate of drug-likeness (QED) is 0.130. The Balaban J connectivity index is 1.68. The van der Waals surface area contributed by atoms with Crippen molar-refractivity contribution in [2.24, 2.45) is 4.99 Å². The minimum Gasteiger partial charge on any atom is -0.293 e. The standard InChI is InChI=1S/C34H28N2O/c1-3-29(36-33(26-13-6-4-7-14-26)27-15-8-5-9-16-27)32(34(37)28-20-18-24(2)19-21-28)31-23-22-25-12-10-11-17-30(25)35-31/h3-23,29,32H,1H2,2H3/t29-,32-/m0/s1. The van der Waals surface area contributed by atoms with Crippen molar-refractivity contribution in [3.8, 4) is 0 Å². The highest BCUT2D eigenvalue weighted by atomic mass is 16.1. The number of carbonyl (C=O) groups excluding carboxylic acids is 1. The summed E-state index contributed by atoms with van der Waals surface area (Å²) in [6, 6.07) is 39.2. The van der Waals surface area contributed by atoms with E-state index in [9.17, 15) is 4.79 Å². The summed E-state index contributed by atoms with van der Waals surface area (Å²) in [5.74, 6) is -0.663. The van der Waals surface area contributed by atoms with Crippen LogP contribution in [0.5, 0.6) is 0 Å². The smallest absolute Gasteiger partial charge is 0.174 e. The number of nitrogens with zero attached hydrogens (tertiary/aromatic N) is 2. The van der Waals surface area contributed by atoms with E-state index in [4.69, 9.17) is 9.98 Å². The van der Waals surface area contributed by atoms with Crippen molar-refractivity contribution in [3.63, 3.8) is 0 Å². The molecule has 0 radical (unpaired) electrons. The van der Waals surface area contributed by atoms with Gasteiger partial charge in [0, 0.05) is 22.1 Å². The van der Waals surface area contributed by atoms with Crippen LogP contribution in [0.4, 0.5) is 0 Å². The van der Waals surface area contributed by atoms with E-state index in [1.807, 2.05) is 128 Å². The molecule has 5 aromatic rings. The fourth-order valence-electron chi connectivity index (χ4n) is 4.54. The van der Waals surface area contributed by atoms with Crippen LogP contribution >= 0.6 is 0 Å². The summed E-state index contributed by atoms with van der Waals surface area (Å²) in [5, 5.41) is 1.03. The van der Waals surface area contributed by atoms with E-state index in [1.165, 1.54) is 0 Å². The molecule has 0 amide bonds. The third-order valence-corrected chi connectivity index (χ3v) is 6.51. The SMILES string of the molecule is C=C[C@H](N=C(c1ccccc1)c1ccccc1)[C@H](C(=O)c1ccc(C)cc1)c1ccc2ccccc2n1. The van der Waals surface area contributed by atoms with Gasteiger partial charge in [-0.25, -0.2) is 0 Å². The highest BCUT2D eigenvalue weighted by Gasteiger charge is 2.31. The Morgan fingerprint density at radius 1 is 0.730 bits per heavy atom. The van der Waals surface area contributed by atoms with Crippen LogP contribution in [0.25, 0.3) is 10.9 Å². The van der Waals surface area contributed by atoms with E-state index in [0.29, 0.717) is 11.3 Å². The van der Waals surface area contributed by atoms with Crippen LogP contribution in [0, 0.1) is 6.92 Å². The topological polar surface area (TPSA) is 42.3 Å². The summed E-state index contributed by atoms with van der Waals surface area (Å²) in [6.07, 6.45) is 1.76. The molecule has 1 aromatic heterocycles. The number of aromatic nitrogens is 1. The molecule has 0 aliphatic heterocycles. The molecule has 37 heavy (non-hydrogen) atoms. The van der Waals surface area contributed by atoms with E-state index >= 15 is 0 Å². The highest BCUT2D eigenvalue weighted by Crippen LogP contribution is 2.29. The van der Waals surface area contributed by atoms with Crippen molar-refractivity contribution in [3.05, 3.63) is 162 Å². The Kier molecular flexibility index (Phi) is 7.14. The number of hydrogen-bond donors (Lipinski definition) is 0. The molecule has 180 valence electrons. The predicted molar refractivity (Wildman–Crippen MR) is 153 cm³/mol. The van der Waals surface area contributed by atoms with Gasteiger partial charge in [0.2, 0.25) is 0 Å². The van der Waals surface area contributed by atoms with Gasteiger partial charge in [0.15, 0.2) is 5.78 Å². The molecule has 1 heterocycles. The molecule has 0 spiro atoms. The maximum atomic E-state index is 14.1. The van der Waals surface area contributed by atoms with Gasteiger partial charge in [-0.05, 0) is 19.1 Å². The first-order chi connectivity index (χ1) is 18.1. The van der Waals surface area contributed by atoms with Gasteiger partial charge in [0.05, 0.1) is 28.9 Å². The summed E-state index contributed by atoms with van der Waals surface area (Å²) in [5.41, 5.74) is 6.04. The van der Waals surface area contributed by atoms with Crippen molar-refractivity contribution in [1.29, 1.82) is 0 Å². The Hall–Kier alpha value is -4.63. The van der Waals surface area contributed by atoms with Crippen molar-refractivity contribution >= 4 is 22.4 Å². The zero-order valence-electron chi connectivity index (χ0n) is 20.8. The average Bonchev–Trinajstić information content (AvgIpc) is 2.96. The number of carbonyl (C=O) groups is 1. The minimum atomic E-state index is -0.632. The molecule has 5 rings (SSSR count). The van der Waals surface area contributed by atoms with Crippen molar-refractivity contribution in [2.45, 2.75) is 18.9 Å². The van der Waals surface area contributed by atoms with Crippen LogP contribution in [-0.4, -0.2) is 22.5 Å². The normalized spacial score (nSPS) is 12.5. The molecule has 0 N–H and O–H groups in total. The first kappa shape index (κ1) is 24.1. The second kappa shape index (κ2) is 11.0. The van der Waals surface area contributed by atoms with Gasteiger partial charge in [-0.2, -0.15) is 0 Å². The molecule has 2 atom stereocenters. The Labute approximate surface area is 217 Å². The molecule has 3 heteroatoms. The van der Waals surface area contributed by atoms with Gasteiger partial charge in [-0.1, -0.05) is 121 Å². The maximum Gasteiger partial charge on any atom is 0.174 e. The van der Waals surface area contributed by atoms with Crippen LogP contribution < -0.4 is 0 Å². The molecule has 0 fully saturated rings. The van der Waals surface area contributed by atoms with Gasteiger partial charge < -0.3 is 0 Å². The lowest BCUT2D eigenvalue weighted by Crippen LogP contribution is -2.26. The molecule has 0 aliphatic rings. The van der Waals surface area contributed by atoms with E-state index in [0.717, 1.165) is 33.3 Å².